The first-order valence-electron chi connectivity index (χ1n) is 4.46. The van der Waals surface area contributed by atoms with Crippen LogP contribution in [0.3, 0.4) is 0 Å². The molecule has 17 heavy (non-hydrogen) atoms. The monoisotopic (exact) mass is 304 g/mol. The molecule has 0 spiro atoms. The van der Waals surface area contributed by atoms with Gasteiger partial charge in [-0.15, -0.1) is 0 Å². The molecule has 3 N–H and O–H groups in total. The number of carbonyl (C=O) groups excluding carboxylic acids is 3. The van der Waals surface area contributed by atoms with Crippen LogP contribution in [0.4, 0.5) is 4.79 Å². The number of carbonyl (C=O) groups is 3. The Bertz CT molecular complexity index is 456. The van der Waals surface area contributed by atoms with Crippen LogP contribution in [0.15, 0.2) is 21.2 Å². The summed E-state index contributed by atoms with van der Waals surface area (Å²) in [5.41, 5.74) is 4.74. The average molecular weight is 305 g/mol. The third-order valence-corrected chi connectivity index (χ3v) is 2.10. The van der Waals surface area contributed by atoms with Crippen LogP contribution in [0.1, 0.15) is 17.5 Å². The minimum atomic E-state index is -1.15. The van der Waals surface area contributed by atoms with Crippen molar-refractivity contribution in [3.05, 3.63) is 22.6 Å². The summed E-state index contributed by atoms with van der Waals surface area (Å²) in [6.45, 7) is 1.30. The second kappa shape index (κ2) is 5.48. The van der Waals surface area contributed by atoms with Gasteiger partial charge >= 0.3 is 12.0 Å². The van der Waals surface area contributed by atoms with Crippen molar-refractivity contribution >= 4 is 33.8 Å². The Morgan fingerprint density at radius 1 is 1.47 bits per heavy atom. The minimum absolute atomic E-state index is 0.0596. The van der Waals surface area contributed by atoms with Crippen molar-refractivity contribution in [3.63, 3.8) is 0 Å². The van der Waals surface area contributed by atoms with E-state index in [1.165, 1.54) is 19.1 Å². The molecule has 0 aliphatic rings. The number of nitrogens with one attached hydrogen (secondary N) is 1. The van der Waals surface area contributed by atoms with E-state index in [9.17, 15) is 14.4 Å². The molecule has 92 valence electrons. The summed E-state index contributed by atoms with van der Waals surface area (Å²) in [7, 11) is 0. The van der Waals surface area contributed by atoms with Crippen LogP contribution in [0.2, 0.25) is 0 Å². The third kappa shape index (κ3) is 3.91. The largest absolute Gasteiger partial charge is 0.447 e. The maximum Gasteiger partial charge on any atom is 0.375 e. The molecular formula is C9H9BrN2O5. The van der Waals surface area contributed by atoms with Crippen molar-refractivity contribution in [1.82, 2.24) is 5.32 Å². The van der Waals surface area contributed by atoms with Gasteiger partial charge in [0.25, 0.3) is 5.91 Å². The van der Waals surface area contributed by atoms with E-state index in [0.717, 1.165) is 0 Å². The summed E-state index contributed by atoms with van der Waals surface area (Å²) in [6, 6.07) is 1.87. The number of hydrogen-bond donors (Lipinski definition) is 2. The van der Waals surface area contributed by atoms with Gasteiger partial charge in [0.05, 0.1) is 0 Å². The van der Waals surface area contributed by atoms with Crippen LogP contribution in [-0.2, 0) is 9.53 Å². The zero-order chi connectivity index (χ0) is 13.0. The van der Waals surface area contributed by atoms with Gasteiger partial charge in [-0.05, 0) is 35.0 Å². The average Bonchev–Trinajstić information content (AvgIpc) is 2.63. The van der Waals surface area contributed by atoms with Crippen molar-refractivity contribution in [2.24, 2.45) is 5.73 Å². The van der Waals surface area contributed by atoms with Crippen molar-refractivity contribution in [1.29, 1.82) is 0 Å². The number of hydrogen-bond acceptors (Lipinski definition) is 5. The highest BCUT2D eigenvalue weighted by Gasteiger charge is 2.21. The molecule has 1 aromatic heterocycles. The van der Waals surface area contributed by atoms with Gasteiger partial charge in [-0.3, -0.25) is 10.1 Å². The molecule has 1 aromatic rings. The lowest BCUT2D eigenvalue weighted by molar-refractivity contribution is -0.127. The highest BCUT2D eigenvalue weighted by molar-refractivity contribution is 9.10. The summed E-state index contributed by atoms with van der Waals surface area (Å²) in [5, 5.41) is 1.79. The van der Waals surface area contributed by atoms with Crippen LogP contribution < -0.4 is 11.1 Å². The van der Waals surface area contributed by atoms with Crippen LogP contribution in [-0.4, -0.2) is 24.0 Å². The van der Waals surface area contributed by atoms with E-state index in [4.69, 9.17) is 14.9 Å². The second-order valence-electron chi connectivity index (χ2n) is 3.00. The number of amides is 3. The van der Waals surface area contributed by atoms with Gasteiger partial charge in [0, 0.05) is 0 Å². The van der Waals surface area contributed by atoms with E-state index >= 15 is 0 Å². The van der Waals surface area contributed by atoms with E-state index in [1.54, 1.807) is 5.32 Å². The third-order valence-electron chi connectivity index (χ3n) is 1.67. The smallest absolute Gasteiger partial charge is 0.375 e. The van der Waals surface area contributed by atoms with Crippen molar-refractivity contribution < 1.29 is 23.5 Å². The van der Waals surface area contributed by atoms with Gasteiger partial charge in [0.15, 0.2) is 10.8 Å². The number of nitrogens with two attached hydrogens (primary N) is 1. The molecular weight excluding hydrogens is 296 g/mol. The molecule has 0 bridgehead atoms. The van der Waals surface area contributed by atoms with E-state index in [2.05, 4.69) is 15.9 Å². The number of rotatable bonds is 3. The van der Waals surface area contributed by atoms with E-state index in [0.29, 0.717) is 4.67 Å². The maximum absolute atomic E-state index is 11.4. The first-order valence-corrected chi connectivity index (χ1v) is 5.26. The molecule has 1 rings (SSSR count). The molecule has 8 heteroatoms. The van der Waals surface area contributed by atoms with Gasteiger partial charge in [0.2, 0.25) is 5.76 Å². The number of ether oxygens (including phenoxy) is 1. The Morgan fingerprint density at radius 3 is 2.59 bits per heavy atom. The first kappa shape index (κ1) is 13.2. The Balaban J connectivity index is 2.57. The van der Waals surface area contributed by atoms with Gasteiger partial charge in [-0.2, -0.15) is 0 Å². The molecule has 1 atom stereocenters. The van der Waals surface area contributed by atoms with Crippen LogP contribution in [0, 0.1) is 0 Å². The van der Waals surface area contributed by atoms with Crippen LogP contribution in [0.25, 0.3) is 0 Å². The molecule has 0 saturated heterocycles. The molecule has 0 saturated carbocycles. The Labute approximate surface area is 104 Å². The van der Waals surface area contributed by atoms with Crippen molar-refractivity contribution in [3.8, 4) is 0 Å². The van der Waals surface area contributed by atoms with Crippen molar-refractivity contribution in [2.45, 2.75) is 13.0 Å². The van der Waals surface area contributed by atoms with Gasteiger partial charge < -0.3 is 14.9 Å². The molecule has 1 unspecified atom stereocenters. The lowest BCUT2D eigenvalue weighted by Crippen LogP contribution is -2.42. The number of primary amides is 1. The fourth-order valence-corrected chi connectivity index (χ4v) is 1.23. The molecule has 3 amide bonds. The summed E-state index contributed by atoms with van der Waals surface area (Å²) < 4.78 is 10.0. The van der Waals surface area contributed by atoms with Crippen LogP contribution in [0.5, 0.6) is 0 Å². The molecule has 7 nitrogen and oxygen atoms in total. The SMILES string of the molecule is CC(OC(=O)c1ccc(Br)o1)C(=O)NC(N)=O. The predicted molar refractivity (Wildman–Crippen MR) is 59.0 cm³/mol. The first-order chi connectivity index (χ1) is 7.90. The number of esters is 1. The predicted octanol–water partition coefficient (Wildman–Crippen LogP) is 0.782. The van der Waals surface area contributed by atoms with Gasteiger partial charge in [0.1, 0.15) is 0 Å². The molecule has 1 heterocycles. The molecule has 0 fully saturated rings. The summed E-state index contributed by atoms with van der Waals surface area (Å²) in [4.78, 5) is 33.0. The summed E-state index contributed by atoms with van der Waals surface area (Å²) >= 11 is 3.01. The molecule has 0 aliphatic carbocycles. The van der Waals surface area contributed by atoms with Gasteiger partial charge in [-0.1, -0.05) is 0 Å². The zero-order valence-corrected chi connectivity index (χ0v) is 10.3. The number of imide groups is 1. The minimum Gasteiger partial charge on any atom is -0.447 e. The Kier molecular flexibility index (Phi) is 4.27. The lowest BCUT2D eigenvalue weighted by atomic mass is 10.3. The maximum atomic E-state index is 11.4. The number of furan rings is 1. The molecule has 0 aromatic carbocycles. The second-order valence-corrected chi connectivity index (χ2v) is 3.79. The van der Waals surface area contributed by atoms with E-state index in [1.807, 2.05) is 0 Å². The molecule has 0 radical (unpaired) electrons. The molecule has 0 aliphatic heterocycles. The number of urea groups is 1. The van der Waals surface area contributed by atoms with Crippen LogP contribution >= 0.6 is 15.9 Å². The lowest BCUT2D eigenvalue weighted by Gasteiger charge is -2.10. The summed E-state index contributed by atoms with van der Waals surface area (Å²) in [6.07, 6.45) is -1.15. The quantitative estimate of drug-likeness (QED) is 0.802. The fourth-order valence-electron chi connectivity index (χ4n) is 0.919. The highest BCUT2D eigenvalue weighted by Crippen LogP contribution is 2.15. The fraction of sp³-hybridized carbons (Fsp3) is 0.222. The van der Waals surface area contributed by atoms with Crippen molar-refractivity contribution in [2.75, 3.05) is 0 Å². The standard InChI is InChI=1S/C9H9BrN2O5/c1-4(7(13)12-9(11)15)16-8(14)5-2-3-6(10)17-5/h2-4H,1H3,(H3,11,12,13,15). The normalized spacial score (nSPS) is 11.6. The van der Waals surface area contributed by atoms with E-state index in [-0.39, 0.29) is 5.76 Å². The topological polar surface area (TPSA) is 112 Å². The highest BCUT2D eigenvalue weighted by atomic mass is 79.9. The summed E-state index contributed by atoms with van der Waals surface area (Å²) in [5.74, 6) is -1.69. The Hall–Kier alpha value is -1.83. The Morgan fingerprint density at radius 2 is 2.12 bits per heavy atom. The van der Waals surface area contributed by atoms with Gasteiger partial charge in [-0.25, -0.2) is 9.59 Å². The number of halogens is 1. The zero-order valence-electron chi connectivity index (χ0n) is 8.73. The van der Waals surface area contributed by atoms with E-state index < -0.39 is 24.0 Å².